The quantitative estimate of drug-likeness (QED) is 0.768. The zero-order valence-electron chi connectivity index (χ0n) is 14.6. The minimum atomic E-state index is -0.592. The molecule has 0 saturated heterocycles. The first kappa shape index (κ1) is 17.3. The summed E-state index contributed by atoms with van der Waals surface area (Å²) >= 11 is 0. The van der Waals surface area contributed by atoms with Crippen LogP contribution < -0.4 is 5.32 Å². The van der Waals surface area contributed by atoms with Gasteiger partial charge in [-0.25, -0.2) is 23.7 Å². The van der Waals surface area contributed by atoms with E-state index in [9.17, 15) is 13.6 Å². The average molecular weight is 369 g/mol. The molecule has 1 N–H and O–H groups in total. The Balaban J connectivity index is 1.40. The van der Waals surface area contributed by atoms with E-state index in [4.69, 9.17) is 0 Å². The molecule has 0 unspecified atom stereocenters. The molecule has 3 aromatic rings. The lowest BCUT2D eigenvalue weighted by Crippen LogP contribution is -2.44. The predicted molar refractivity (Wildman–Crippen MR) is 93.8 cm³/mol. The Morgan fingerprint density at radius 1 is 1.26 bits per heavy atom. The van der Waals surface area contributed by atoms with E-state index < -0.39 is 11.6 Å². The summed E-state index contributed by atoms with van der Waals surface area (Å²) in [4.78, 5) is 24.8. The summed E-state index contributed by atoms with van der Waals surface area (Å²) in [5.41, 5.74) is 1.87. The number of rotatable bonds is 4. The molecule has 27 heavy (non-hydrogen) atoms. The lowest BCUT2D eigenvalue weighted by atomic mass is 9.75. The van der Waals surface area contributed by atoms with Crippen LogP contribution >= 0.6 is 0 Å². The van der Waals surface area contributed by atoms with Crippen LogP contribution in [0.4, 0.5) is 8.78 Å². The van der Waals surface area contributed by atoms with Crippen molar-refractivity contribution in [3.8, 4) is 11.4 Å². The Kier molecular flexibility index (Phi) is 4.39. The van der Waals surface area contributed by atoms with E-state index >= 15 is 0 Å². The highest BCUT2D eigenvalue weighted by atomic mass is 19.1. The highest BCUT2D eigenvalue weighted by molar-refractivity contribution is 5.91. The maximum atomic E-state index is 13.8. The molecule has 0 radical (unpaired) electrons. The van der Waals surface area contributed by atoms with Crippen molar-refractivity contribution >= 4 is 5.91 Å². The van der Waals surface area contributed by atoms with Crippen LogP contribution in [0.1, 0.15) is 34.9 Å². The largest absolute Gasteiger partial charge is 0.347 e. The Bertz CT molecular complexity index is 997. The number of carbonyl (C=O) groups excluding carboxylic acids is 1. The Morgan fingerprint density at radius 2 is 2.07 bits per heavy atom. The number of nitrogens with zero attached hydrogens (tertiary/aromatic N) is 4. The lowest BCUT2D eigenvalue weighted by Gasteiger charge is -2.36. The molecule has 138 valence electrons. The van der Waals surface area contributed by atoms with E-state index in [0.29, 0.717) is 24.1 Å². The number of amides is 1. The number of aryl methyl sites for hydroxylation is 1. The van der Waals surface area contributed by atoms with Crippen LogP contribution in [0, 0.1) is 11.6 Å². The van der Waals surface area contributed by atoms with E-state index in [1.54, 1.807) is 23.2 Å². The van der Waals surface area contributed by atoms with Crippen molar-refractivity contribution in [3.05, 3.63) is 66.0 Å². The highest BCUT2D eigenvalue weighted by Gasteiger charge is 2.33. The van der Waals surface area contributed by atoms with Gasteiger partial charge < -0.3 is 9.88 Å². The molecule has 1 aromatic carbocycles. The SMILES string of the molecule is Cn1cncc1-c1ccnc(C(=O)N[C@H]2C[C@H](c3ccc(F)cc3F)C2)n1. The van der Waals surface area contributed by atoms with E-state index in [1.165, 1.54) is 18.3 Å². The molecule has 1 amide bonds. The van der Waals surface area contributed by atoms with Gasteiger partial charge in [-0.3, -0.25) is 4.79 Å². The number of imidazole rings is 1. The smallest absolute Gasteiger partial charge is 0.289 e. The van der Waals surface area contributed by atoms with Gasteiger partial charge in [0.1, 0.15) is 11.6 Å². The third kappa shape index (κ3) is 3.42. The number of aromatic nitrogens is 4. The second-order valence-corrected chi connectivity index (χ2v) is 6.66. The maximum Gasteiger partial charge on any atom is 0.289 e. The minimum absolute atomic E-state index is 0.0300. The van der Waals surface area contributed by atoms with Crippen LogP contribution in [-0.4, -0.2) is 31.5 Å². The van der Waals surface area contributed by atoms with Crippen LogP contribution in [0.3, 0.4) is 0 Å². The summed E-state index contributed by atoms with van der Waals surface area (Å²) in [7, 11) is 1.84. The van der Waals surface area contributed by atoms with E-state index in [1.807, 2.05) is 7.05 Å². The number of carbonyl (C=O) groups is 1. The molecule has 6 nitrogen and oxygen atoms in total. The average Bonchev–Trinajstić information content (AvgIpc) is 3.04. The Labute approximate surface area is 154 Å². The second kappa shape index (κ2) is 6.86. The first-order valence-corrected chi connectivity index (χ1v) is 8.57. The molecule has 1 aliphatic rings. The van der Waals surface area contributed by atoms with Crippen molar-refractivity contribution in [1.29, 1.82) is 0 Å². The summed E-state index contributed by atoms with van der Waals surface area (Å²) in [6.07, 6.45) is 6.03. The van der Waals surface area contributed by atoms with E-state index in [-0.39, 0.29) is 23.7 Å². The van der Waals surface area contributed by atoms with Crippen molar-refractivity contribution in [2.45, 2.75) is 24.8 Å². The van der Waals surface area contributed by atoms with Crippen LogP contribution in [0.2, 0.25) is 0 Å². The van der Waals surface area contributed by atoms with Gasteiger partial charge in [0.05, 0.1) is 23.9 Å². The van der Waals surface area contributed by atoms with Gasteiger partial charge in [-0.2, -0.15) is 0 Å². The molecule has 2 aromatic heterocycles. The predicted octanol–water partition coefficient (Wildman–Crippen LogP) is 2.83. The monoisotopic (exact) mass is 369 g/mol. The van der Waals surface area contributed by atoms with Crippen molar-refractivity contribution in [1.82, 2.24) is 24.8 Å². The molecule has 4 rings (SSSR count). The van der Waals surface area contributed by atoms with Gasteiger partial charge in [-0.15, -0.1) is 0 Å². The van der Waals surface area contributed by atoms with Gasteiger partial charge in [-0.05, 0) is 36.5 Å². The molecule has 8 heteroatoms. The third-order valence-corrected chi connectivity index (χ3v) is 4.81. The van der Waals surface area contributed by atoms with Gasteiger partial charge in [-0.1, -0.05) is 6.07 Å². The first-order valence-electron chi connectivity index (χ1n) is 8.57. The molecule has 1 saturated carbocycles. The standard InChI is InChI=1S/C19H17F2N5O/c1-26-10-22-9-17(26)16-4-5-23-18(25-16)19(27)24-13-6-11(7-13)14-3-2-12(20)8-15(14)21/h2-5,8-11,13H,6-7H2,1H3,(H,24,27)/t11-,13-. The van der Waals surface area contributed by atoms with Crippen LogP contribution in [-0.2, 0) is 7.05 Å². The Hall–Kier alpha value is -3.16. The minimum Gasteiger partial charge on any atom is -0.347 e. The van der Waals surface area contributed by atoms with Crippen molar-refractivity contribution in [2.24, 2.45) is 7.05 Å². The molecule has 2 heterocycles. The summed E-state index contributed by atoms with van der Waals surface area (Å²) in [5, 5.41) is 2.87. The highest BCUT2D eigenvalue weighted by Crippen LogP contribution is 2.38. The zero-order valence-corrected chi connectivity index (χ0v) is 14.6. The summed E-state index contributed by atoms with van der Waals surface area (Å²) in [5.74, 6) is -1.47. The number of hydrogen-bond acceptors (Lipinski definition) is 4. The molecule has 0 atom stereocenters. The molecule has 0 bridgehead atoms. The summed E-state index contributed by atoms with van der Waals surface area (Å²) in [6.45, 7) is 0. The van der Waals surface area contributed by atoms with Crippen LogP contribution in [0.15, 0.2) is 43.0 Å². The second-order valence-electron chi connectivity index (χ2n) is 6.66. The number of hydrogen-bond donors (Lipinski definition) is 1. The van der Waals surface area contributed by atoms with Gasteiger partial charge in [0.25, 0.3) is 5.91 Å². The maximum absolute atomic E-state index is 13.8. The number of benzene rings is 1. The van der Waals surface area contributed by atoms with Gasteiger partial charge in [0.15, 0.2) is 0 Å². The van der Waals surface area contributed by atoms with Crippen molar-refractivity contribution in [2.75, 3.05) is 0 Å². The molecule has 0 aliphatic heterocycles. The molecule has 1 fully saturated rings. The first-order chi connectivity index (χ1) is 13.0. The van der Waals surface area contributed by atoms with Gasteiger partial charge >= 0.3 is 0 Å². The fourth-order valence-electron chi connectivity index (χ4n) is 3.29. The fraction of sp³-hybridized carbons (Fsp3) is 0.263. The summed E-state index contributed by atoms with van der Waals surface area (Å²) in [6, 6.07) is 5.23. The van der Waals surface area contributed by atoms with Gasteiger partial charge in [0.2, 0.25) is 5.82 Å². The fourth-order valence-corrected chi connectivity index (χ4v) is 3.29. The summed E-state index contributed by atoms with van der Waals surface area (Å²) < 4.78 is 28.6. The lowest BCUT2D eigenvalue weighted by molar-refractivity contribution is 0.0898. The molecule has 0 spiro atoms. The zero-order chi connectivity index (χ0) is 19.0. The molecule has 1 aliphatic carbocycles. The molecular formula is C19H17F2N5O. The third-order valence-electron chi connectivity index (χ3n) is 4.81. The van der Waals surface area contributed by atoms with Gasteiger partial charge in [0, 0.05) is 25.4 Å². The molecular weight excluding hydrogens is 352 g/mol. The van der Waals surface area contributed by atoms with Crippen LogP contribution in [0.5, 0.6) is 0 Å². The number of halogens is 2. The van der Waals surface area contributed by atoms with Crippen molar-refractivity contribution < 1.29 is 13.6 Å². The van der Waals surface area contributed by atoms with Crippen LogP contribution in [0.25, 0.3) is 11.4 Å². The van der Waals surface area contributed by atoms with E-state index in [0.717, 1.165) is 11.8 Å². The van der Waals surface area contributed by atoms with Crippen molar-refractivity contribution in [3.63, 3.8) is 0 Å². The van der Waals surface area contributed by atoms with E-state index in [2.05, 4.69) is 20.3 Å². The Morgan fingerprint density at radius 3 is 2.78 bits per heavy atom. The topological polar surface area (TPSA) is 72.7 Å². The number of nitrogens with one attached hydrogen (secondary N) is 1. The normalized spacial score (nSPS) is 18.8.